The van der Waals surface area contributed by atoms with Gasteiger partial charge in [-0.25, -0.2) is 28.7 Å². The van der Waals surface area contributed by atoms with Crippen LogP contribution in [0.4, 0.5) is 109 Å². The predicted octanol–water partition coefficient (Wildman–Crippen LogP) is 18.4. The lowest BCUT2D eigenvalue weighted by molar-refractivity contribution is -0.275. The van der Waals surface area contributed by atoms with Crippen molar-refractivity contribution < 1.29 is 80.4 Å². The van der Waals surface area contributed by atoms with E-state index in [0.717, 1.165) is 115 Å². The number of nitrogens with zero attached hydrogens (tertiary/aromatic N) is 9. The smallest absolute Gasteiger partial charge is 0.405 e. The number of hydrogen-bond acceptors (Lipinski definition) is 24. The van der Waals surface area contributed by atoms with Crippen LogP contribution >= 0.6 is 23.2 Å². The van der Waals surface area contributed by atoms with Crippen LogP contribution in [0.5, 0.6) is 23.0 Å². The molecule has 5 fully saturated rings. The molecule has 5 aliphatic rings. The van der Waals surface area contributed by atoms with Crippen molar-refractivity contribution in [2.45, 2.75) is 191 Å². The Morgan fingerprint density at radius 3 is 0.850 bits per heavy atom. The lowest BCUT2D eigenvalue weighted by atomic mass is 9.85. The van der Waals surface area contributed by atoms with Crippen molar-refractivity contribution in [2.24, 2.45) is 40.9 Å². The molecule has 0 unspecified atom stereocenters. The molecule has 0 amide bonds. The molecule has 24 nitrogen and oxygen atoms in total. The van der Waals surface area contributed by atoms with Crippen molar-refractivity contribution in [3.05, 3.63) is 166 Å². The van der Waals surface area contributed by atoms with Gasteiger partial charge in [-0.2, -0.15) is 19.9 Å². The van der Waals surface area contributed by atoms with Gasteiger partial charge in [0.25, 0.3) is 0 Å². The van der Waals surface area contributed by atoms with Crippen molar-refractivity contribution in [2.75, 3.05) is 81.8 Å². The maximum absolute atomic E-state index is 14.2. The Bertz CT molecular complexity index is 4140. The minimum atomic E-state index is -4.79. The number of nitrogens with one attached hydrogen (secondary N) is 8. The zero-order valence-electron chi connectivity index (χ0n) is 65.4. The summed E-state index contributed by atoms with van der Waals surface area (Å²) in [6.45, 7) is 5.18. The third-order valence-electron chi connectivity index (χ3n) is 20.9. The summed E-state index contributed by atoms with van der Waals surface area (Å²) in [4.78, 5) is 35.5. The van der Waals surface area contributed by atoms with E-state index in [1.54, 1.807) is 24.3 Å². The average Bonchev–Trinajstić information content (AvgIpc) is 0.919. The lowest BCUT2D eigenvalue weighted by Crippen LogP contribution is -2.37. The van der Waals surface area contributed by atoms with Gasteiger partial charge in [-0.1, -0.05) is 96.0 Å². The highest BCUT2D eigenvalue weighted by Gasteiger charge is 2.36. The fourth-order valence-electron chi connectivity index (χ4n) is 14.5. The van der Waals surface area contributed by atoms with E-state index < -0.39 is 37.1 Å². The van der Waals surface area contributed by atoms with E-state index in [4.69, 9.17) is 40.4 Å². The standard InChI is InChI=1S/C23H29F4N5O.2C19H23ClF3N5O.C19H23F4N5O/c24-19-15-30-22(29-14-17-5-1-2-6-20(17)33-23(25,26)27)31-21(19)28-13-16-7-9-18(10-8-16)32-11-3-4-12-32;3*20-15-11-27-18(28-17(15)25-9-12-5-7-14(24)8-6-12)26-10-13-3-1-2-4-16(13)29-19(21,22)23/h1-2,5-6,15-16,18H,3-4,7-14H2,(H2,28,29,30,31);3*1-4,11-12,14H,5-10,24H2,(H2,25,26,27,28). The van der Waals surface area contributed by atoms with E-state index in [2.05, 4.69) is 106 Å². The number of aromatic nitrogens is 8. The Balaban J connectivity index is 0.000000168. The minimum absolute atomic E-state index is 0.00214. The summed E-state index contributed by atoms with van der Waals surface area (Å²) in [7, 11) is 0. The Kier molecular flexibility index (Phi) is 34.5. The van der Waals surface area contributed by atoms with Gasteiger partial charge in [-0.05, 0) is 177 Å². The van der Waals surface area contributed by atoms with Crippen LogP contribution in [0.3, 0.4) is 0 Å². The summed E-state index contributed by atoms with van der Waals surface area (Å²) >= 11 is 12.3. The third-order valence-corrected chi connectivity index (χ3v) is 21.5. The van der Waals surface area contributed by atoms with Gasteiger partial charge in [0.05, 0.1) is 24.8 Å². The summed E-state index contributed by atoms with van der Waals surface area (Å²) in [5.41, 5.74) is 19.0. The summed E-state index contributed by atoms with van der Waals surface area (Å²) < 4.78 is 195. The highest BCUT2D eigenvalue weighted by molar-refractivity contribution is 6.33. The van der Waals surface area contributed by atoms with E-state index in [1.807, 2.05) is 0 Å². The number of likely N-dealkylation sites (tertiary alicyclic amines) is 1. The van der Waals surface area contributed by atoms with Gasteiger partial charge in [0.15, 0.2) is 23.3 Å². The third kappa shape index (κ3) is 32.0. The zero-order chi connectivity index (χ0) is 85.8. The van der Waals surface area contributed by atoms with E-state index >= 15 is 0 Å². The van der Waals surface area contributed by atoms with Gasteiger partial charge in [-0.15, -0.1) is 52.7 Å². The molecule has 1 saturated heterocycles. The van der Waals surface area contributed by atoms with Gasteiger partial charge in [0.2, 0.25) is 23.8 Å². The first-order valence-electron chi connectivity index (χ1n) is 39.6. The molecule has 0 spiro atoms. The topological polar surface area (TPSA) is 318 Å². The number of anilines is 8. The van der Waals surface area contributed by atoms with Gasteiger partial charge < -0.3 is 83.6 Å². The maximum atomic E-state index is 14.2. The van der Waals surface area contributed by atoms with Crippen LogP contribution in [0.2, 0.25) is 10.0 Å². The van der Waals surface area contributed by atoms with E-state index in [9.17, 15) is 61.5 Å². The van der Waals surface area contributed by atoms with Crippen LogP contribution in [-0.4, -0.2) is 134 Å². The van der Waals surface area contributed by atoms with Crippen LogP contribution < -0.4 is 78.7 Å². The molecule has 4 aliphatic carbocycles. The first kappa shape index (κ1) is 92.5. The van der Waals surface area contributed by atoms with Crippen molar-refractivity contribution in [3.8, 4) is 23.0 Å². The number of alkyl halides is 12. The second-order valence-electron chi connectivity index (χ2n) is 29.9. The lowest BCUT2D eigenvalue weighted by Gasteiger charge is -2.34. The van der Waals surface area contributed by atoms with E-state index in [-0.39, 0.29) is 114 Å². The highest BCUT2D eigenvalue weighted by atomic mass is 35.5. The normalized spacial score (nSPS) is 20.2. The van der Waals surface area contributed by atoms with Crippen LogP contribution in [0, 0.1) is 35.3 Å². The number of rotatable bonds is 29. The molecule has 1 aliphatic heterocycles. The zero-order valence-corrected chi connectivity index (χ0v) is 66.9. The molecule has 0 bridgehead atoms. The quantitative estimate of drug-likeness (QED) is 0.0194. The first-order chi connectivity index (χ1) is 57.3. The van der Waals surface area contributed by atoms with Crippen molar-refractivity contribution >= 4 is 70.3 Å². The van der Waals surface area contributed by atoms with Crippen LogP contribution in [0.15, 0.2) is 122 Å². The van der Waals surface area contributed by atoms with Gasteiger partial charge >= 0.3 is 25.4 Å². The SMILES string of the molecule is Fc1cnc(NCc2ccccc2OC(F)(F)F)nc1NCC1CCC(N2CCCC2)CC1.NC1CCC(CNc2nc(NCc3ccccc3OC(F)(F)F)ncc2Cl)CC1.NC1CCC(CNc2nc(NCc3ccccc3OC(F)(F)F)ncc2Cl)CC1.NC1CCC(CNc2nc(NCc3ccccc3OC(F)(F)F)ncc2F)CC1. The Labute approximate surface area is 695 Å². The first-order valence-corrected chi connectivity index (χ1v) is 40.4. The largest absolute Gasteiger partial charge is 0.573 e. The molecule has 4 aromatic heterocycles. The summed E-state index contributed by atoms with van der Waals surface area (Å²) in [6.07, 6.45) is 5.13. The summed E-state index contributed by atoms with van der Waals surface area (Å²) in [5.74, 6) is 1.39. The molecular weight excluding hydrogens is 1640 g/mol. The Hall–Kier alpha value is -9.76. The molecule has 40 heteroatoms. The number of hydrogen-bond donors (Lipinski definition) is 11. The molecule has 14 N–H and O–H groups in total. The summed E-state index contributed by atoms with van der Waals surface area (Å²) in [6, 6.07) is 24.9. The highest BCUT2D eigenvalue weighted by Crippen LogP contribution is 2.36. The molecule has 13 rings (SSSR count). The van der Waals surface area contributed by atoms with E-state index in [0.29, 0.717) is 75.6 Å². The molecule has 0 atom stereocenters. The van der Waals surface area contributed by atoms with Gasteiger partial charge in [0, 0.05) is 98.8 Å². The molecule has 654 valence electrons. The molecule has 8 aromatic rings. The molecular formula is C80H98Cl2F14N20O4. The molecule has 0 radical (unpaired) electrons. The number of nitrogens with two attached hydrogens (primary N) is 3. The van der Waals surface area contributed by atoms with Crippen LogP contribution in [0.25, 0.3) is 0 Å². The predicted molar refractivity (Wildman–Crippen MR) is 430 cm³/mol. The fraction of sp³-hybridized carbons (Fsp3) is 0.500. The number of ether oxygens (including phenoxy) is 4. The molecule has 4 saturated carbocycles. The van der Waals surface area contributed by atoms with Gasteiger partial charge in [-0.3, -0.25) is 0 Å². The second-order valence-corrected chi connectivity index (χ2v) is 30.7. The number of halogens is 16. The second kappa shape index (κ2) is 44.7. The Morgan fingerprint density at radius 1 is 0.333 bits per heavy atom. The monoisotopic (exact) mass is 1740 g/mol. The fourth-order valence-corrected chi connectivity index (χ4v) is 14.8. The van der Waals surface area contributed by atoms with Crippen molar-refractivity contribution in [3.63, 3.8) is 0 Å². The summed E-state index contributed by atoms with van der Waals surface area (Å²) in [5, 5.41) is 24.8. The van der Waals surface area contributed by atoms with Gasteiger partial charge in [0.1, 0.15) is 44.7 Å². The van der Waals surface area contributed by atoms with Crippen molar-refractivity contribution in [1.82, 2.24) is 44.8 Å². The Morgan fingerprint density at radius 2 is 0.575 bits per heavy atom. The molecule has 120 heavy (non-hydrogen) atoms. The minimum Gasteiger partial charge on any atom is -0.405 e. The number of benzene rings is 4. The van der Waals surface area contributed by atoms with Crippen molar-refractivity contribution in [1.29, 1.82) is 0 Å². The van der Waals surface area contributed by atoms with Crippen LogP contribution in [-0.2, 0) is 26.2 Å². The molecule has 4 aromatic carbocycles. The van der Waals surface area contributed by atoms with E-state index in [1.165, 1.54) is 124 Å². The molecule has 5 heterocycles. The number of para-hydroxylation sites is 4. The average molecular weight is 1740 g/mol. The maximum Gasteiger partial charge on any atom is 0.573 e. The van der Waals surface area contributed by atoms with Crippen LogP contribution in [0.1, 0.15) is 138 Å².